The van der Waals surface area contributed by atoms with E-state index in [1.165, 1.54) is 30.0 Å². The summed E-state index contributed by atoms with van der Waals surface area (Å²) in [5.74, 6) is 13.5. The number of isothiocyanates is 4. The summed E-state index contributed by atoms with van der Waals surface area (Å²) in [4.78, 5) is 32.3. The van der Waals surface area contributed by atoms with Crippen LogP contribution in [0.25, 0.3) is 67.7 Å². The van der Waals surface area contributed by atoms with Crippen LogP contribution in [0.4, 0.5) is 0 Å². The molecule has 0 fully saturated rings. The zero-order chi connectivity index (χ0) is 35.6. The van der Waals surface area contributed by atoms with Crippen LogP contribution in [0.2, 0.25) is 0 Å². The van der Waals surface area contributed by atoms with Gasteiger partial charge in [0.05, 0.1) is 24.8 Å². The van der Waals surface area contributed by atoms with Crippen LogP contribution in [0.1, 0.15) is 0 Å². The second-order valence-corrected chi connectivity index (χ2v) is 7.89. The molecule has 2 radical (unpaired) electrons. The molecular weight excluding hydrogens is 871 g/mol. The van der Waals surface area contributed by atoms with Gasteiger partial charge in [-0.15, -0.1) is 20.4 Å². The smallest absolute Gasteiger partial charge is 0.753 e. The molecule has 0 unspecified atom stereocenters. The summed E-state index contributed by atoms with van der Waals surface area (Å²) in [5.41, 5.74) is 2.18. The summed E-state index contributed by atoms with van der Waals surface area (Å²) in [6.07, 6.45) is 18.8. The average Bonchev–Trinajstić information content (AvgIpc) is 3.70. The number of hydrogen-bond donors (Lipinski definition) is 2. The fourth-order valence-corrected chi connectivity index (χ4v) is 2.94. The molecule has 0 bridgehead atoms. The Kier molecular flexibility index (Phi) is 41.4. The van der Waals surface area contributed by atoms with Gasteiger partial charge in [-0.2, -0.15) is 20.6 Å². The molecule has 30 heteroatoms. The number of aromatic nitrogens is 14. The predicted molar refractivity (Wildman–Crippen MR) is 205 cm³/mol. The first-order valence-electron chi connectivity index (χ1n) is 11.9. The maximum absolute atomic E-state index is 7.13. The van der Waals surface area contributed by atoms with E-state index < -0.39 is 0 Å². The molecule has 0 amide bonds. The molecule has 24 nitrogen and oxygen atoms in total. The SMILES string of the molecule is Nn1c(-c2cnccn2)nnc1-c1cnccn1.Nn1c(-c2cnccn2)nnc1-c1cnccn1.O.O.[Mn+2].[Mn+2].[N-]=C=S.[N-]=C=S.[N-]=C=S.[N-]=C=S.[OH3+].[OH3+]. The Hall–Kier alpha value is -5.72. The monoisotopic (exact) mass is 896 g/mol. The maximum atomic E-state index is 7.13. The van der Waals surface area contributed by atoms with E-state index in [0.717, 1.165) is 0 Å². The molecule has 0 aliphatic heterocycles. The van der Waals surface area contributed by atoms with Crippen molar-refractivity contribution in [3.63, 3.8) is 0 Å². The Labute approximate surface area is 347 Å². The number of nitrogens with zero attached hydrogens (tertiary/aromatic N) is 18. The van der Waals surface area contributed by atoms with E-state index >= 15 is 0 Å². The molecule has 0 saturated heterocycles. The van der Waals surface area contributed by atoms with Gasteiger partial charge >= 0.3 is 34.1 Å². The molecule has 0 spiro atoms. The fourth-order valence-electron chi connectivity index (χ4n) is 2.94. The van der Waals surface area contributed by atoms with Crippen LogP contribution in [0.3, 0.4) is 0 Å². The molecule has 14 N–H and O–H groups in total. The van der Waals surface area contributed by atoms with E-state index in [0.29, 0.717) is 46.1 Å². The third-order valence-corrected chi connectivity index (χ3v) is 4.56. The van der Waals surface area contributed by atoms with Gasteiger partial charge in [-0.05, 0) is 0 Å². The molecule has 0 saturated carbocycles. The molecule has 6 aromatic rings. The standard InChI is InChI=1S/2C10H8N8.4CNS.2Mn.4H2O/c2*11-18-9(7-5-12-1-3-14-7)16-17-10(18)8-6-13-2-4-15-8;4*2-1-3;;;;;;/h2*1-6H,11H2;;;;;;;4*1H2/q;;4*-1;2*+2;;;;/p+2. The van der Waals surface area contributed by atoms with E-state index in [2.05, 4.69) is 109 Å². The summed E-state index contributed by atoms with van der Waals surface area (Å²) >= 11 is 14.8. The molecule has 6 rings (SSSR count). The Morgan fingerprint density at radius 3 is 0.722 bits per heavy atom. The topological polar surface area (TPSA) is 435 Å². The van der Waals surface area contributed by atoms with Crippen LogP contribution in [-0.4, -0.2) is 101 Å². The van der Waals surface area contributed by atoms with Crippen molar-refractivity contribution in [1.29, 1.82) is 0 Å². The number of hydrogen-bond acceptors (Lipinski definition) is 18. The largest absolute Gasteiger partial charge is 2.00 e. The van der Waals surface area contributed by atoms with Crippen molar-refractivity contribution in [1.82, 2.24) is 69.6 Å². The van der Waals surface area contributed by atoms with Gasteiger partial charge in [-0.3, -0.25) is 19.9 Å². The zero-order valence-corrected chi connectivity index (χ0v) is 32.3. The molecule has 54 heavy (non-hydrogen) atoms. The second-order valence-electron chi connectivity index (χ2n) is 7.16. The van der Waals surface area contributed by atoms with Crippen molar-refractivity contribution in [2.24, 2.45) is 0 Å². The van der Waals surface area contributed by atoms with E-state index in [4.69, 9.17) is 33.3 Å². The van der Waals surface area contributed by atoms with Crippen LogP contribution in [0, 0.1) is 0 Å². The zero-order valence-electron chi connectivity index (χ0n) is 26.7. The second kappa shape index (κ2) is 37.0. The summed E-state index contributed by atoms with van der Waals surface area (Å²) in [6.45, 7) is 0. The first kappa shape index (κ1) is 60.4. The molecule has 0 aliphatic carbocycles. The van der Waals surface area contributed by atoms with E-state index in [1.54, 1.807) is 74.4 Å². The fraction of sp³-hybridized carbons (Fsp3) is 0. The third-order valence-electron chi connectivity index (χ3n) is 4.56. The third kappa shape index (κ3) is 20.4. The molecule has 0 aromatic carbocycles. The normalized spacial score (nSPS) is 7.56. The molecule has 6 aromatic heterocycles. The van der Waals surface area contributed by atoms with Crippen LogP contribution in [-0.2, 0) is 45.1 Å². The Morgan fingerprint density at radius 2 is 0.593 bits per heavy atom. The number of nitrogen functional groups attached to an aromatic ring is 2. The van der Waals surface area contributed by atoms with Crippen molar-refractivity contribution in [3.05, 3.63) is 96.0 Å². The maximum Gasteiger partial charge on any atom is 2.00 e. The van der Waals surface area contributed by atoms with Gasteiger partial charge < -0.3 is 55.2 Å². The van der Waals surface area contributed by atoms with Gasteiger partial charge in [-0.1, -0.05) is 48.9 Å². The Morgan fingerprint density at radius 1 is 0.426 bits per heavy atom. The average molecular weight is 897 g/mol. The molecule has 6 heterocycles. The number of rotatable bonds is 4. The van der Waals surface area contributed by atoms with Gasteiger partial charge in [0, 0.05) is 49.6 Å². The van der Waals surface area contributed by atoms with Gasteiger partial charge in [0.15, 0.2) is 0 Å². The minimum atomic E-state index is 0. The molecule has 0 aliphatic rings. The van der Waals surface area contributed by atoms with E-state index in [9.17, 15) is 0 Å². The molecule has 0 atom stereocenters. The minimum Gasteiger partial charge on any atom is -0.753 e. The Bertz CT molecular complexity index is 1680. The van der Waals surface area contributed by atoms with Gasteiger partial charge in [0.25, 0.3) is 0 Å². The van der Waals surface area contributed by atoms with Crippen LogP contribution < -0.4 is 11.7 Å². The molecule has 282 valence electrons. The van der Waals surface area contributed by atoms with Crippen molar-refractivity contribution >= 4 is 69.5 Å². The minimum absolute atomic E-state index is 0. The number of nitrogens with two attached hydrogens (primary N) is 2. The quantitative estimate of drug-likeness (QED) is 0.0700. The van der Waals surface area contributed by atoms with Crippen LogP contribution >= 0.6 is 48.9 Å². The first-order chi connectivity index (χ1) is 23.4. The molecular formula is C24H26Mn2N20O4S4+2. The van der Waals surface area contributed by atoms with Gasteiger partial charge in [-0.25, -0.2) is 29.3 Å². The van der Waals surface area contributed by atoms with Gasteiger partial charge in [0.2, 0.25) is 23.3 Å². The van der Waals surface area contributed by atoms with Crippen LogP contribution in [0.5, 0.6) is 0 Å². The number of thiocarbonyl (C=S) groups is 4. The van der Waals surface area contributed by atoms with Crippen LogP contribution in [0.15, 0.2) is 74.4 Å². The van der Waals surface area contributed by atoms with Crippen molar-refractivity contribution in [2.75, 3.05) is 11.7 Å². The predicted octanol–water partition coefficient (Wildman–Crippen LogP) is -1.05. The summed E-state index contributed by atoms with van der Waals surface area (Å²) in [5, 5.41) is 49.8. The van der Waals surface area contributed by atoms with Crippen molar-refractivity contribution < 1.29 is 56.0 Å². The van der Waals surface area contributed by atoms with Gasteiger partial charge in [0.1, 0.15) is 22.8 Å². The van der Waals surface area contributed by atoms with E-state index in [1.807, 2.05) is 0 Å². The summed E-state index contributed by atoms with van der Waals surface area (Å²) in [7, 11) is 0. The Balaban J connectivity index is -0.000000152. The first-order valence-corrected chi connectivity index (χ1v) is 13.5. The summed E-state index contributed by atoms with van der Waals surface area (Å²) < 4.78 is 2.63. The van der Waals surface area contributed by atoms with Crippen molar-refractivity contribution in [2.45, 2.75) is 0 Å². The van der Waals surface area contributed by atoms with E-state index in [-0.39, 0.29) is 56.0 Å². The van der Waals surface area contributed by atoms with Crippen molar-refractivity contribution in [3.8, 4) is 46.1 Å². The summed E-state index contributed by atoms with van der Waals surface area (Å²) in [6, 6.07) is 0.